The van der Waals surface area contributed by atoms with Crippen molar-refractivity contribution in [3.05, 3.63) is 78.9 Å². The number of hydrogen-bond acceptors (Lipinski definition) is 6. The van der Waals surface area contributed by atoms with Crippen LogP contribution in [0.3, 0.4) is 0 Å². The van der Waals surface area contributed by atoms with E-state index in [1.807, 2.05) is 48.5 Å². The van der Waals surface area contributed by atoms with Crippen LogP contribution in [0.2, 0.25) is 0 Å². The number of para-hydroxylation sites is 1. The van der Waals surface area contributed by atoms with Gasteiger partial charge in [0.05, 0.1) is 11.2 Å². The van der Waals surface area contributed by atoms with E-state index in [1.165, 1.54) is 0 Å². The highest BCUT2D eigenvalue weighted by Crippen LogP contribution is 2.23. The van der Waals surface area contributed by atoms with Crippen molar-refractivity contribution in [3.63, 3.8) is 0 Å². The van der Waals surface area contributed by atoms with Gasteiger partial charge in [-0.05, 0) is 35.9 Å². The molecular weight excluding hydrogens is 312 g/mol. The topological polar surface area (TPSA) is 75.6 Å². The number of nitrogens with one attached hydrogen (secondary N) is 2. The molecule has 0 amide bonds. The highest BCUT2D eigenvalue weighted by atomic mass is 15.1. The van der Waals surface area contributed by atoms with Gasteiger partial charge in [-0.25, -0.2) is 4.98 Å². The lowest BCUT2D eigenvalue weighted by Gasteiger charge is -2.10. The van der Waals surface area contributed by atoms with E-state index in [0.717, 1.165) is 28.0 Å². The zero-order valence-corrected chi connectivity index (χ0v) is 13.4. The van der Waals surface area contributed by atoms with Crippen LogP contribution in [-0.4, -0.2) is 19.9 Å². The van der Waals surface area contributed by atoms with Gasteiger partial charge in [0.15, 0.2) is 0 Å². The minimum atomic E-state index is 0.526. The summed E-state index contributed by atoms with van der Waals surface area (Å²) in [5.74, 6) is 1.28. The number of fused-ring (bicyclic) bond motifs is 1. The van der Waals surface area contributed by atoms with E-state index in [9.17, 15) is 0 Å². The molecule has 4 aromatic rings. The van der Waals surface area contributed by atoms with Gasteiger partial charge >= 0.3 is 0 Å². The Hall–Kier alpha value is -3.54. The molecule has 4 rings (SSSR count). The third-order valence-electron chi connectivity index (χ3n) is 3.76. The summed E-state index contributed by atoms with van der Waals surface area (Å²) in [5, 5.41) is 7.61. The van der Waals surface area contributed by atoms with Crippen molar-refractivity contribution in [2.45, 2.75) is 6.54 Å². The molecule has 0 aliphatic rings. The van der Waals surface area contributed by atoms with E-state index in [2.05, 4.69) is 30.6 Å². The minimum Gasteiger partial charge on any atom is -0.366 e. The highest BCUT2D eigenvalue weighted by molar-refractivity contribution is 5.91. The molecule has 0 aliphatic heterocycles. The molecular formula is C19H16N6. The molecule has 1 aromatic carbocycles. The molecule has 0 radical (unpaired) electrons. The van der Waals surface area contributed by atoms with Crippen molar-refractivity contribution >= 4 is 28.4 Å². The third kappa shape index (κ3) is 3.53. The van der Waals surface area contributed by atoms with E-state index in [4.69, 9.17) is 0 Å². The first-order valence-electron chi connectivity index (χ1n) is 7.95. The zero-order chi connectivity index (χ0) is 16.9. The summed E-state index contributed by atoms with van der Waals surface area (Å²) in [6.45, 7) is 0.675. The van der Waals surface area contributed by atoms with Crippen LogP contribution < -0.4 is 10.6 Å². The van der Waals surface area contributed by atoms with Gasteiger partial charge in [0, 0.05) is 36.7 Å². The maximum atomic E-state index is 4.51. The fourth-order valence-electron chi connectivity index (χ4n) is 2.54. The molecule has 0 bridgehead atoms. The normalized spacial score (nSPS) is 10.6. The molecule has 0 atom stereocenters. The lowest BCUT2D eigenvalue weighted by Crippen LogP contribution is -2.04. The highest BCUT2D eigenvalue weighted by Gasteiger charge is 2.05. The third-order valence-corrected chi connectivity index (χ3v) is 3.76. The van der Waals surface area contributed by atoms with Crippen molar-refractivity contribution in [2.24, 2.45) is 0 Å². The average molecular weight is 328 g/mol. The molecule has 0 saturated carbocycles. The average Bonchev–Trinajstić information content (AvgIpc) is 2.68. The Balaban J connectivity index is 1.53. The predicted molar refractivity (Wildman–Crippen MR) is 98.6 cm³/mol. The first-order chi connectivity index (χ1) is 12.4. The van der Waals surface area contributed by atoms with Crippen molar-refractivity contribution in [1.82, 2.24) is 19.9 Å². The van der Waals surface area contributed by atoms with Crippen molar-refractivity contribution in [1.29, 1.82) is 0 Å². The number of aromatic nitrogens is 4. The molecule has 25 heavy (non-hydrogen) atoms. The number of pyridine rings is 2. The molecule has 0 spiro atoms. The Bertz CT molecular complexity index is 982. The maximum Gasteiger partial charge on any atom is 0.229 e. The van der Waals surface area contributed by atoms with Crippen LogP contribution in [0.15, 0.2) is 73.3 Å². The van der Waals surface area contributed by atoms with Crippen LogP contribution in [0.5, 0.6) is 0 Å². The van der Waals surface area contributed by atoms with E-state index in [-0.39, 0.29) is 0 Å². The van der Waals surface area contributed by atoms with Gasteiger partial charge in [-0.1, -0.05) is 18.2 Å². The Morgan fingerprint density at radius 3 is 2.60 bits per heavy atom. The molecule has 0 unspecified atom stereocenters. The molecule has 6 nitrogen and oxygen atoms in total. The first kappa shape index (κ1) is 15.0. The van der Waals surface area contributed by atoms with Gasteiger partial charge in [-0.2, -0.15) is 4.98 Å². The van der Waals surface area contributed by atoms with Crippen LogP contribution in [-0.2, 0) is 6.54 Å². The Kier molecular flexibility index (Phi) is 4.16. The predicted octanol–water partition coefficient (Wildman–Crippen LogP) is 3.78. The van der Waals surface area contributed by atoms with E-state index < -0.39 is 0 Å². The van der Waals surface area contributed by atoms with Gasteiger partial charge in [0.25, 0.3) is 0 Å². The SMILES string of the molecule is c1cnc2c(Nc3nccc(NCc4ccncc4)n3)cccc2c1. The molecule has 0 aliphatic carbocycles. The quantitative estimate of drug-likeness (QED) is 0.581. The summed E-state index contributed by atoms with van der Waals surface area (Å²) in [5.41, 5.74) is 2.91. The Morgan fingerprint density at radius 2 is 1.68 bits per heavy atom. The van der Waals surface area contributed by atoms with Crippen LogP contribution in [0.1, 0.15) is 5.56 Å². The molecule has 0 saturated heterocycles. The first-order valence-corrected chi connectivity index (χ1v) is 7.95. The van der Waals surface area contributed by atoms with Gasteiger partial charge in [-0.3, -0.25) is 9.97 Å². The summed E-state index contributed by atoms with van der Waals surface area (Å²) in [7, 11) is 0. The van der Waals surface area contributed by atoms with Gasteiger partial charge in [0.2, 0.25) is 5.95 Å². The van der Waals surface area contributed by atoms with Crippen LogP contribution in [0.25, 0.3) is 10.9 Å². The van der Waals surface area contributed by atoms with Crippen LogP contribution in [0.4, 0.5) is 17.5 Å². The lowest BCUT2D eigenvalue weighted by atomic mass is 10.2. The summed E-state index contributed by atoms with van der Waals surface area (Å²) < 4.78 is 0. The second kappa shape index (κ2) is 6.92. The molecule has 6 heteroatoms. The van der Waals surface area contributed by atoms with Gasteiger partial charge in [-0.15, -0.1) is 0 Å². The zero-order valence-electron chi connectivity index (χ0n) is 13.4. The largest absolute Gasteiger partial charge is 0.366 e. The summed E-state index contributed by atoms with van der Waals surface area (Å²) in [6.07, 6.45) is 7.05. The monoisotopic (exact) mass is 328 g/mol. The molecule has 0 fully saturated rings. The number of rotatable bonds is 5. The van der Waals surface area contributed by atoms with Crippen molar-refractivity contribution in [3.8, 4) is 0 Å². The molecule has 2 N–H and O–H groups in total. The van der Waals surface area contributed by atoms with Crippen molar-refractivity contribution in [2.75, 3.05) is 10.6 Å². The number of anilines is 3. The van der Waals surface area contributed by atoms with Crippen molar-refractivity contribution < 1.29 is 0 Å². The van der Waals surface area contributed by atoms with E-state index in [1.54, 1.807) is 24.8 Å². The minimum absolute atomic E-state index is 0.526. The van der Waals surface area contributed by atoms with Gasteiger partial charge in [0.1, 0.15) is 5.82 Å². The van der Waals surface area contributed by atoms with E-state index in [0.29, 0.717) is 12.5 Å². The van der Waals surface area contributed by atoms with E-state index >= 15 is 0 Å². The van der Waals surface area contributed by atoms with Crippen LogP contribution in [0, 0.1) is 0 Å². The lowest BCUT2D eigenvalue weighted by molar-refractivity contribution is 1.08. The number of nitrogens with zero attached hydrogens (tertiary/aromatic N) is 4. The Morgan fingerprint density at radius 1 is 0.800 bits per heavy atom. The summed E-state index contributed by atoms with van der Waals surface area (Å²) in [6, 6.07) is 15.7. The molecule has 3 aromatic heterocycles. The standard InChI is InChI=1S/C19H16N6/c1-3-15-4-2-9-21-18(15)16(5-1)24-19-22-12-8-17(25-19)23-13-14-6-10-20-11-7-14/h1-12H,13H2,(H2,22,23,24,25). The molecule has 3 heterocycles. The smallest absolute Gasteiger partial charge is 0.229 e. The number of benzene rings is 1. The molecule has 122 valence electrons. The van der Waals surface area contributed by atoms with Gasteiger partial charge < -0.3 is 10.6 Å². The second-order valence-corrected chi connectivity index (χ2v) is 5.48. The second-order valence-electron chi connectivity index (χ2n) is 5.48. The fourth-order valence-corrected chi connectivity index (χ4v) is 2.54. The summed E-state index contributed by atoms with van der Waals surface area (Å²) >= 11 is 0. The van der Waals surface area contributed by atoms with Crippen LogP contribution >= 0.6 is 0 Å². The summed E-state index contributed by atoms with van der Waals surface area (Å²) in [4.78, 5) is 17.3. The Labute approximate surface area is 145 Å². The number of hydrogen-bond donors (Lipinski definition) is 2. The fraction of sp³-hybridized carbons (Fsp3) is 0.0526. The maximum absolute atomic E-state index is 4.51.